The fourth-order valence-corrected chi connectivity index (χ4v) is 2.23. The van der Waals surface area contributed by atoms with E-state index in [-0.39, 0.29) is 6.61 Å². The highest BCUT2D eigenvalue weighted by Gasteiger charge is 2.25. The Morgan fingerprint density at radius 3 is 2.50 bits per heavy atom. The predicted octanol–water partition coefficient (Wildman–Crippen LogP) is 0.819. The van der Waals surface area contributed by atoms with Crippen molar-refractivity contribution in [1.29, 1.82) is 0 Å². The highest BCUT2D eigenvalue weighted by molar-refractivity contribution is 6.01. The zero-order valence-corrected chi connectivity index (χ0v) is 11.3. The van der Waals surface area contributed by atoms with Crippen LogP contribution in [0, 0.1) is 11.8 Å². The van der Waals surface area contributed by atoms with Crippen LogP contribution in [0.4, 0.5) is 0 Å². The minimum Gasteiger partial charge on any atom is -0.464 e. The van der Waals surface area contributed by atoms with Crippen LogP contribution >= 0.6 is 0 Å². The summed E-state index contributed by atoms with van der Waals surface area (Å²) in [5, 5.41) is 2.74. The minimum atomic E-state index is -1.20. The van der Waals surface area contributed by atoms with Gasteiger partial charge in [-0.05, 0) is 31.6 Å². The number of carbonyl (C=O) groups excluding carboxylic acids is 2. The Kier molecular flexibility index (Phi) is 6.12. The van der Waals surface area contributed by atoms with E-state index in [1.54, 1.807) is 6.92 Å². The van der Waals surface area contributed by atoms with E-state index in [1.807, 2.05) is 0 Å². The zero-order chi connectivity index (χ0) is 13.5. The lowest BCUT2D eigenvalue weighted by atomic mass is 9.83. The number of esters is 1. The molecule has 1 aliphatic carbocycles. The summed E-state index contributed by atoms with van der Waals surface area (Å²) in [6.45, 7) is 4.79. The number of nitrogens with two attached hydrogens (primary N) is 1. The maximum Gasteiger partial charge on any atom is 0.332 e. The van der Waals surface area contributed by atoms with Crippen molar-refractivity contribution in [2.24, 2.45) is 17.6 Å². The molecule has 104 valence electrons. The van der Waals surface area contributed by atoms with Gasteiger partial charge in [0.05, 0.1) is 6.61 Å². The van der Waals surface area contributed by atoms with Crippen LogP contribution in [0.1, 0.15) is 39.5 Å². The molecule has 3 N–H and O–H groups in total. The molecule has 0 aromatic rings. The summed E-state index contributed by atoms with van der Waals surface area (Å²) in [6, 6.07) is -1.20. The molecular formula is C13H24N2O3. The lowest BCUT2D eigenvalue weighted by Crippen LogP contribution is -2.48. The summed E-state index contributed by atoms with van der Waals surface area (Å²) in [7, 11) is 0. The summed E-state index contributed by atoms with van der Waals surface area (Å²) in [4.78, 5) is 22.9. The second-order valence-electron chi connectivity index (χ2n) is 5.10. The Labute approximate surface area is 108 Å². The topological polar surface area (TPSA) is 81.4 Å². The van der Waals surface area contributed by atoms with Crippen LogP contribution in [0.25, 0.3) is 0 Å². The Balaban J connectivity index is 2.26. The van der Waals surface area contributed by atoms with E-state index in [4.69, 9.17) is 10.5 Å². The zero-order valence-electron chi connectivity index (χ0n) is 11.3. The SMILES string of the molecule is CCOC(=O)C(N)C(=O)NCC1CCC(C)CC1. The van der Waals surface area contributed by atoms with E-state index in [2.05, 4.69) is 12.2 Å². The second-order valence-corrected chi connectivity index (χ2v) is 5.10. The number of rotatable bonds is 5. The van der Waals surface area contributed by atoms with Crippen LogP contribution < -0.4 is 11.1 Å². The fraction of sp³-hybridized carbons (Fsp3) is 0.846. The first-order chi connectivity index (χ1) is 8.54. The molecule has 1 aliphatic rings. The number of hydrogen-bond acceptors (Lipinski definition) is 4. The Morgan fingerprint density at radius 1 is 1.33 bits per heavy atom. The van der Waals surface area contributed by atoms with Gasteiger partial charge in [-0.15, -0.1) is 0 Å². The van der Waals surface area contributed by atoms with Crippen LogP contribution in [-0.2, 0) is 14.3 Å². The molecule has 0 bridgehead atoms. The molecule has 0 spiro atoms. The van der Waals surface area contributed by atoms with Crippen molar-refractivity contribution >= 4 is 11.9 Å². The first kappa shape index (κ1) is 15.0. The van der Waals surface area contributed by atoms with Gasteiger partial charge in [0.15, 0.2) is 6.04 Å². The van der Waals surface area contributed by atoms with Crippen LogP contribution in [-0.4, -0.2) is 31.1 Å². The van der Waals surface area contributed by atoms with Crippen molar-refractivity contribution in [2.75, 3.05) is 13.2 Å². The molecule has 0 saturated heterocycles. The number of ether oxygens (including phenoxy) is 1. The lowest BCUT2D eigenvalue weighted by molar-refractivity contribution is -0.148. The third kappa shape index (κ3) is 4.64. The molecule has 18 heavy (non-hydrogen) atoms. The molecule has 1 amide bonds. The summed E-state index contributed by atoms with van der Waals surface area (Å²) in [6.07, 6.45) is 4.70. The van der Waals surface area contributed by atoms with Gasteiger partial charge < -0.3 is 15.8 Å². The maximum absolute atomic E-state index is 11.6. The number of amides is 1. The van der Waals surface area contributed by atoms with Gasteiger partial charge in [0.25, 0.3) is 0 Å². The molecule has 1 unspecified atom stereocenters. The van der Waals surface area contributed by atoms with Crippen LogP contribution in [0.3, 0.4) is 0 Å². The maximum atomic E-state index is 11.6. The quantitative estimate of drug-likeness (QED) is 0.563. The molecule has 5 nitrogen and oxygen atoms in total. The summed E-state index contributed by atoms with van der Waals surface area (Å²) in [5.41, 5.74) is 5.50. The van der Waals surface area contributed by atoms with E-state index < -0.39 is 17.9 Å². The van der Waals surface area contributed by atoms with Gasteiger partial charge in [-0.2, -0.15) is 0 Å². The predicted molar refractivity (Wildman–Crippen MR) is 68.7 cm³/mol. The third-order valence-electron chi connectivity index (χ3n) is 3.52. The van der Waals surface area contributed by atoms with Gasteiger partial charge in [-0.3, -0.25) is 4.79 Å². The van der Waals surface area contributed by atoms with Crippen molar-refractivity contribution < 1.29 is 14.3 Å². The largest absolute Gasteiger partial charge is 0.464 e. The minimum absolute atomic E-state index is 0.236. The monoisotopic (exact) mass is 256 g/mol. The molecule has 5 heteroatoms. The molecule has 0 aromatic carbocycles. The smallest absolute Gasteiger partial charge is 0.332 e. The third-order valence-corrected chi connectivity index (χ3v) is 3.52. The van der Waals surface area contributed by atoms with Crippen LogP contribution in [0.2, 0.25) is 0 Å². The van der Waals surface area contributed by atoms with Gasteiger partial charge in [0.2, 0.25) is 5.91 Å². The fourth-order valence-electron chi connectivity index (χ4n) is 2.23. The van der Waals surface area contributed by atoms with E-state index in [9.17, 15) is 9.59 Å². The standard InChI is InChI=1S/C13H24N2O3/c1-3-18-13(17)11(14)12(16)15-8-10-6-4-9(2)5-7-10/h9-11H,3-8,14H2,1-2H3,(H,15,16). The molecule has 0 aromatic heterocycles. The Bertz CT molecular complexity index is 286. The van der Waals surface area contributed by atoms with Crippen molar-refractivity contribution in [2.45, 2.75) is 45.6 Å². The molecule has 1 atom stereocenters. The highest BCUT2D eigenvalue weighted by atomic mass is 16.5. The van der Waals surface area contributed by atoms with Crippen molar-refractivity contribution in [1.82, 2.24) is 5.32 Å². The summed E-state index contributed by atoms with van der Waals surface area (Å²) < 4.78 is 4.71. The first-order valence-electron chi connectivity index (χ1n) is 6.74. The van der Waals surface area contributed by atoms with Crippen molar-refractivity contribution in [3.05, 3.63) is 0 Å². The highest BCUT2D eigenvalue weighted by Crippen LogP contribution is 2.27. The normalized spacial score (nSPS) is 25.3. The molecule has 1 fully saturated rings. The molecular weight excluding hydrogens is 232 g/mol. The van der Waals surface area contributed by atoms with E-state index in [1.165, 1.54) is 12.8 Å². The number of carbonyl (C=O) groups is 2. The van der Waals surface area contributed by atoms with Crippen LogP contribution in [0.15, 0.2) is 0 Å². The first-order valence-corrected chi connectivity index (χ1v) is 6.74. The average Bonchev–Trinajstić information content (AvgIpc) is 2.37. The summed E-state index contributed by atoms with van der Waals surface area (Å²) >= 11 is 0. The van der Waals surface area contributed by atoms with E-state index in [0.29, 0.717) is 12.5 Å². The van der Waals surface area contributed by atoms with Gasteiger partial charge in [0.1, 0.15) is 0 Å². The van der Waals surface area contributed by atoms with Gasteiger partial charge >= 0.3 is 5.97 Å². The van der Waals surface area contributed by atoms with Gasteiger partial charge in [0, 0.05) is 6.54 Å². The molecule has 0 aliphatic heterocycles. The lowest BCUT2D eigenvalue weighted by Gasteiger charge is -2.26. The van der Waals surface area contributed by atoms with Crippen molar-refractivity contribution in [3.8, 4) is 0 Å². The molecule has 0 heterocycles. The number of hydrogen-bond donors (Lipinski definition) is 2. The van der Waals surface area contributed by atoms with Crippen molar-refractivity contribution in [3.63, 3.8) is 0 Å². The second kappa shape index (κ2) is 7.36. The van der Waals surface area contributed by atoms with Gasteiger partial charge in [-0.25, -0.2) is 4.79 Å². The number of nitrogens with one attached hydrogen (secondary N) is 1. The molecule has 1 rings (SSSR count). The van der Waals surface area contributed by atoms with Crippen LogP contribution in [0.5, 0.6) is 0 Å². The summed E-state index contributed by atoms with van der Waals surface area (Å²) in [5.74, 6) is 0.206. The Hall–Kier alpha value is -1.10. The molecule has 0 radical (unpaired) electrons. The average molecular weight is 256 g/mol. The van der Waals surface area contributed by atoms with E-state index in [0.717, 1.165) is 18.8 Å². The molecule has 1 saturated carbocycles. The Morgan fingerprint density at radius 2 is 1.94 bits per heavy atom. The van der Waals surface area contributed by atoms with E-state index >= 15 is 0 Å². The van der Waals surface area contributed by atoms with Gasteiger partial charge in [-0.1, -0.05) is 19.8 Å².